The van der Waals surface area contributed by atoms with Crippen LogP contribution in [0.1, 0.15) is 32.0 Å². The van der Waals surface area contributed by atoms with Crippen LogP contribution in [0.3, 0.4) is 0 Å². The molecule has 22 heavy (non-hydrogen) atoms. The zero-order valence-electron chi connectivity index (χ0n) is 11.8. The van der Waals surface area contributed by atoms with Crippen LogP contribution in [-0.4, -0.2) is 24.0 Å². The molecular weight excluding hydrogens is 314 g/mol. The topological polar surface area (TPSA) is 68.3 Å². The number of thiazole rings is 1. The van der Waals surface area contributed by atoms with E-state index in [0.717, 1.165) is 18.2 Å². The molecule has 0 spiro atoms. The summed E-state index contributed by atoms with van der Waals surface area (Å²) in [5.41, 5.74) is -0.768. The van der Waals surface area contributed by atoms with Crippen molar-refractivity contribution >= 4 is 28.9 Å². The van der Waals surface area contributed by atoms with E-state index in [2.05, 4.69) is 15.0 Å². The molecule has 1 N–H and O–H groups in total. The van der Waals surface area contributed by atoms with E-state index in [9.17, 15) is 18.4 Å². The van der Waals surface area contributed by atoms with E-state index >= 15 is 0 Å². The molecule has 5 nitrogen and oxygen atoms in total. The molecule has 0 fully saturated rings. The van der Waals surface area contributed by atoms with Gasteiger partial charge in [-0.15, -0.1) is 11.3 Å². The second-order valence-electron chi connectivity index (χ2n) is 4.23. The maximum atomic E-state index is 13.7. The second-order valence-corrected chi connectivity index (χ2v) is 5.34. The molecule has 0 unspecified atom stereocenters. The van der Waals surface area contributed by atoms with Gasteiger partial charge in [-0.3, -0.25) is 4.79 Å². The molecule has 0 saturated heterocycles. The highest BCUT2D eigenvalue weighted by Crippen LogP contribution is 2.22. The second kappa shape index (κ2) is 6.61. The average Bonchev–Trinajstić information content (AvgIpc) is 2.98. The van der Waals surface area contributed by atoms with Crippen molar-refractivity contribution in [1.29, 1.82) is 0 Å². The summed E-state index contributed by atoms with van der Waals surface area (Å²) >= 11 is 1.17. The molecule has 2 aromatic rings. The van der Waals surface area contributed by atoms with Gasteiger partial charge in [-0.25, -0.2) is 18.6 Å². The minimum absolute atomic E-state index is 0.292. The number of aromatic nitrogens is 1. The monoisotopic (exact) mass is 326 g/mol. The molecule has 1 heterocycles. The third-order valence-electron chi connectivity index (χ3n) is 2.79. The molecule has 0 radical (unpaired) electrons. The molecule has 2 rings (SSSR count). The zero-order valence-corrected chi connectivity index (χ0v) is 12.6. The van der Waals surface area contributed by atoms with Gasteiger partial charge in [0.25, 0.3) is 5.91 Å². The van der Waals surface area contributed by atoms with Crippen LogP contribution in [0.4, 0.5) is 14.5 Å². The smallest absolute Gasteiger partial charge is 0.340 e. The number of aryl methyl sites for hydroxylation is 1. The van der Waals surface area contributed by atoms with Gasteiger partial charge in [0.2, 0.25) is 0 Å². The number of benzene rings is 1. The highest BCUT2D eigenvalue weighted by Gasteiger charge is 2.19. The van der Waals surface area contributed by atoms with Crippen LogP contribution in [0.2, 0.25) is 0 Å². The first-order valence-corrected chi connectivity index (χ1v) is 7.11. The first kappa shape index (κ1) is 16.0. The van der Waals surface area contributed by atoms with Crippen molar-refractivity contribution in [3.63, 3.8) is 0 Å². The lowest BCUT2D eigenvalue weighted by atomic mass is 10.1. The van der Waals surface area contributed by atoms with Gasteiger partial charge >= 0.3 is 5.97 Å². The normalized spacial score (nSPS) is 10.4. The highest BCUT2D eigenvalue weighted by atomic mass is 32.1. The predicted molar refractivity (Wildman–Crippen MR) is 77.1 cm³/mol. The van der Waals surface area contributed by atoms with E-state index in [1.165, 1.54) is 17.5 Å². The number of hydrogen-bond donors (Lipinski definition) is 1. The molecule has 1 aromatic heterocycles. The van der Waals surface area contributed by atoms with Gasteiger partial charge in [0.15, 0.2) is 0 Å². The lowest BCUT2D eigenvalue weighted by Gasteiger charge is -2.08. The van der Waals surface area contributed by atoms with Crippen LogP contribution in [0.15, 0.2) is 18.3 Å². The van der Waals surface area contributed by atoms with Crippen molar-refractivity contribution in [1.82, 2.24) is 4.98 Å². The van der Waals surface area contributed by atoms with E-state index in [1.807, 2.05) is 6.92 Å². The summed E-state index contributed by atoms with van der Waals surface area (Å²) in [6.07, 6.45) is 2.05. The summed E-state index contributed by atoms with van der Waals surface area (Å²) in [5, 5.41) is 3.06. The van der Waals surface area contributed by atoms with Crippen molar-refractivity contribution in [2.24, 2.45) is 0 Å². The number of halogens is 2. The Balaban J connectivity index is 2.28. The highest BCUT2D eigenvalue weighted by molar-refractivity contribution is 7.13. The van der Waals surface area contributed by atoms with E-state index < -0.39 is 29.1 Å². The van der Waals surface area contributed by atoms with Crippen molar-refractivity contribution in [2.45, 2.75) is 13.3 Å². The number of carbonyl (C=O) groups is 2. The fourth-order valence-corrected chi connectivity index (χ4v) is 2.43. The van der Waals surface area contributed by atoms with Crippen LogP contribution in [-0.2, 0) is 11.2 Å². The molecule has 0 aliphatic rings. The van der Waals surface area contributed by atoms with Gasteiger partial charge in [-0.1, -0.05) is 6.92 Å². The Hall–Kier alpha value is -2.35. The Morgan fingerprint density at radius 3 is 2.64 bits per heavy atom. The lowest BCUT2D eigenvalue weighted by Crippen LogP contribution is -2.13. The molecule has 1 amide bonds. The van der Waals surface area contributed by atoms with Gasteiger partial charge in [0.05, 0.1) is 29.6 Å². The number of nitrogens with one attached hydrogen (secondary N) is 1. The Morgan fingerprint density at radius 1 is 1.32 bits per heavy atom. The molecule has 0 saturated carbocycles. The number of nitrogens with zero attached hydrogens (tertiary/aromatic N) is 1. The molecule has 0 aliphatic carbocycles. The number of hydrogen-bond acceptors (Lipinski definition) is 5. The van der Waals surface area contributed by atoms with Gasteiger partial charge < -0.3 is 10.1 Å². The number of rotatable bonds is 4. The summed E-state index contributed by atoms with van der Waals surface area (Å²) in [7, 11) is 1.08. The number of methoxy groups -OCH3 is 1. The van der Waals surface area contributed by atoms with Crippen LogP contribution in [0.5, 0.6) is 0 Å². The third-order valence-corrected chi connectivity index (χ3v) is 3.93. The molecule has 1 aromatic carbocycles. The Kier molecular flexibility index (Phi) is 4.81. The van der Waals surface area contributed by atoms with Crippen molar-refractivity contribution in [3.05, 3.63) is 45.4 Å². The minimum Gasteiger partial charge on any atom is -0.465 e. The number of esters is 1. The first-order valence-electron chi connectivity index (χ1n) is 6.29. The Bertz CT molecular complexity index is 731. The molecule has 8 heteroatoms. The number of ether oxygens (including phenoxy) is 1. The van der Waals surface area contributed by atoms with Crippen molar-refractivity contribution < 1.29 is 23.1 Å². The van der Waals surface area contributed by atoms with E-state index in [0.29, 0.717) is 17.4 Å². The summed E-state index contributed by atoms with van der Waals surface area (Å²) < 4.78 is 31.6. The van der Waals surface area contributed by atoms with Crippen molar-refractivity contribution in [2.75, 3.05) is 12.4 Å². The maximum absolute atomic E-state index is 13.7. The van der Waals surface area contributed by atoms with E-state index in [1.54, 1.807) is 0 Å². The standard InChI is InChI=1S/C14H12F2N2O3S/c1-3-12-17-6-11(22-12)13(19)18-10-4-7(14(20)21-2)8(15)5-9(10)16/h4-6H,3H2,1-2H3,(H,18,19). The lowest BCUT2D eigenvalue weighted by molar-refractivity contribution is 0.0595. The fourth-order valence-electron chi connectivity index (χ4n) is 1.67. The summed E-state index contributed by atoms with van der Waals surface area (Å²) in [6, 6.07) is 1.42. The average molecular weight is 326 g/mol. The first-order chi connectivity index (χ1) is 10.5. The van der Waals surface area contributed by atoms with Crippen LogP contribution >= 0.6 is 11.3 Å². The zero-order chi connectivity index (χ0) is 16.3. The minimum atomic E-state index is -1.06. The van der Waals surface area contributed by atoms with E-state index in [-0.39, 0.29) is 5.69 Å². The Labute approximate surface area is 128 Å². The van der Waals surface area contributed by atoms with Crippen LogP contribution < -0.4 is 5.32 Å². The number of anilines is 1. The summed E-state index contributed by atoms with van der Waals surface area (Å²) in [5.74, 6) is -3.59. The van der Waals surface area contributed by atoms with Crippen molar-refractivity contribution in [3.8, 4) is 0 Å². The van der Waals surface area contributed by atoms with Gasteiger partial charge in [0, 0.05) is 6.07 Å². The summed E-state index contributed by atoms with van der Waals surface area (Å²) in [4.78, 5) is 27.7. The maximum Gasteiger partial charge on any atom is 0.340 e. The molecule has 0 aliphatic heterocycles. The quantitative estimate of drug-likeness (QED) is 0.877. The van der Waals surface area contributed by atoms with Gasteiger partial charge in [-0.2, -0.15) is 0 Å². The third kappa shape index (κ3) is 3.28. The fraction of sp³-hybridized carbons (Fsp3) is 0.214. The molecule has 0 atom stereocenters. The van der Waals surface area contributed by atoms with Crippen LogP contribution in [0, 0.1) is 11.6 Å². The van der Waals surface area contributed by atoms with Gasteiger partial charge in [0.1, 0.15) is 16.5 Å². The Morgan fingerprint density at radius 2 is 2.05 bits per heavy atom. The molecular formula is C14H12F2N2O3S. The van der Waals surface area contributed by atoms with Gasteiger partial charge in [-0.05, 0) is 12.5 Å². The molecule has 116 valence electrons. The molecule has 0 bridgehead atoms. The van der Waals surface area contributed by atoms with Crippen LogP contribution in [0.25, 0.3) is 0 Å². The number of carbonyl (C=O) groups excluding carboxylic acids is 2. The predicted octanol–water partition coefficient (Wildman–Crippen LogP) is 3.02. The SMILES string of the molecule is CCc1ncc(C(=O)Nc2cc(C(=O)OC)c(F)cc2F)s1. The largest absolute Gasteiger partial charge is 0.465 e. The van der Waals surface area contributed by atoms with E-state index in [4.69, 9.17) is 0 Å². The number of amides is 1. The summed E-state index contributed by atoms with van der Waals surface area (Å²) in [6.45, 7) is 1.89.